The molecule has 0 bridgehead atoms. The number of aromatic amines is 1. The number of carbonyl (C=O) groups is 1. The lowest BCUT2D eigenvalue weighted by Gasteiger charge is -2.19. The fourth-order valence-electron chi connectivity index (χ4n) is 4.16. The molecule has 5 rings (SSSR count). The minimum atomic E-state index is -0.293. The SMILES string of the molecule is COc1ccccc1NC(=O)Nc1cccc2c1CCN2Cc1c[nH]c2ncccc12. The van der Waals surface area contributed by atoms with E-state index in [2.05, 4.69) is 37.6 Å². The molecule has 156 valence electrons. The predicted octanol–water partition coefficient (Wildman–Crippen LogP) is 4.78. The van der Waals surface area contributed by atoms with Gasteiger partial charge < -0.3 is 25.3 Å². The Kier molecular flexibility index (Phi) is 4.92. The van der Waals surface area contributed by atoms with E-state index in [1.165, 1.54) is 5.56 Å². The van der Waals surface area contributed by atoms with Gasteiger partial charge in [-0.2, -0.15) is 0 Å². The molecule has 3 heterocycles. The number of nitrogens with one attached hydrogen (secondary N) is 3. The van der Waals surface area contributed by atoms with Crippen LogP contribution in [0.3, 0.4) is 0 Å². The highest BCUT2D eigenvalue weighted by molar-refractivity contribution is 6.01. The summed E-state index contributed by atoms with van der Waals surface area (Å²) in [4.78, 5) is 22.6. The molecule has 2 amide bonds. The zero-order valence-corrected chi connectivity index (χ0v) is 17.2. The van der Waals surface area contributed by atoms with E-state index in [9.17, 15) is 4.79 Å². The number of hydrogen-bond donors (Lipinski definition) is 3. The van der Waals surface area contributed by atoms with Crippen molar-refractivity contribution in [1.82, 2.24) is 9.97 Å². The third kappa shape index (κ3) is 3.66. The molecule has 4 aromatic rings. The van der Waals surface area contributed by atoms with Crippen LogP contribution >= 0.6 is 0 Å². The van der Waals surface area contributed by atoms with Crippen molar-refractivity contribution in [2.24, 2.45) is 0 Å². The number of pyridine rings is 1. The van der Waals surface area contributed by atoms with Crippen molar-refractivity contribution in [2.45, 2.75) is 13.0 Å². The number of carbonyl (C=O) groups excluding carboxylic acids is 1. The molecule has 0 spiro atoms. The van der Waals surface area contributed by atoms with E-state index in [-0.39, 0.29) is 6.03 Å². The zero-order chi connectivity index (χ0) is 21.2. The molecule has 1 aliphatic heterocycles. The minimum absolute atomic E-state index is 0.293. The van der Waals surface area contributed by atoms with Crippen LogP contribution in [0.15, 0.2) is 67.0 Å². The summed E-state index contributed by atoms with van der Waals surface area (Å²) in [6.45, 7) is 1.69. The van der Waals surface area contributed by atoms with E-state index in [0.29, 0.717) is 11.4 Å². The van der Waals surface area contributed by atoms with E-state index >= 15 is 0 Å². The smallest absolute Gasteiger partial charge is 0.323 e. The number of aromatic nitrogens is 2. The molecular weight excluding hydrogens is 390 g/mol. The predicted molar refractivity (Wildman–Crippen MR) is 123 cm³/mol. The largest absolute Gasteiger partial charge is 0.495 e. The molecule has 0 fully saturated rings. The molecule has 0 aliphatic carbocycles. The number of benzene rings is 2. The number of amides is 2. The van der Waals surface area contributed by atoms with Crippen LogP contribution < -0.4 is 20.3 Å². The van der Waals surface area contributed by atoms with Gasteiger partial charge in [0.25, 0.3) is 0 Å². The molecule has 2 aromatic heterocycles. The van der Waals surface area contributed by atoms with Crippen LogP contribution in [0.1, 0.15) is 11.1 Å². The lowest BCUT2D eigenvalue weighted by molar-refractivity contribution is 0.262. The van der Waals surface area contributed by atoms with Gasteiger partial charge in [0.15, 0.2) is 0 Å². The molecule has 2 aromatic carbocycles. The second-order valence-electron chi connectivity index (χ2n) is 7.47. The van der Waals surface area contributed by atoms with Crippen LogP contribution in [0.4, 0.5) is 21.9 Å². The van der Waals surface area contributed by atoms with Gasteiger partial charge in [-0.05, 0) is 48.4 Å². The lowest BCUT2D eigenvalue weighted by Crippen LogP contribution is -2.20. The average Bonchev–Trinajstić information content (AvgIpc) is 3.40. The minimum Gasteiger partial charge on any atom is -0.495 e. The van der Waals surface area contributed by atoms with Crippen LogP contribution in [-0.2, 0) is 13.0 Å². The van der Waals surface area contributed by atoms with Gasteiger partial charge in [0.2, 0.25) is 0 Å². The number of H-pyrrole nitrogens is 1. The Bertz CT molecular complexity index is 1250. The molecule has 7 nitrogen and oxygen atoms in total. The van der Waals surface area contributed by atoms with Crippen molar-refractivity contribution in [3.63, 3.8) is 0 Å². The van der Waals surface area contributed by atoms with Crippen LogP contribution in [0.5, 0.6) is 5.75 Å². The van der Waals surface area contributed by atoms with E-state index in [4.69, 9.17) is 4.74 Å². The third-order valence-corrected chi connectivity index (χ3v) is 5.63. The second-order valence-corrected chi connectivity index (χ2v) is 7.47. The van der Waals surface area contributed by atoms with Gasteiger partial charge in [0.05, 0.1) is 12.8 Å². The summed E-state index contributed by atoms with van der Waals surface area (Å²) >= 11 is 0. The maximum absolute atomic E-state index is 12.6. The average molecular weight is 413 g/mol. The number of methoxy groups -OCH3 is 1. The van der Waals surface area contributed by atoms with Gasteiger partial charge in [-0.25, -0.2) is 9.78 Å². The summed E-state index contributed by atoms with van der Waals surface area (Å²) < 4.78 is 5.31. The summed E-state index contributed by atoms with van der Waals surface area (Å²) in [5.74, 6) is 0.621. The number of nitrogens with zero attached hydrogens (tertiary/aromatic N) is 2. The highest BCUT2D eigenvalue weighted by Crippen LogP contribution is 2.35. The number of urea groups is 1. The summed E-state index contributed by atoms with van der Waals surface area (Å²) in [5.41, 5.74) is 5.87. The first kappa shape index (κ1) is 19.0. The summed E-state index contributed by atoms with van der Waals surface area (Å²) in [6.07, 6.45) is 4.70. The zero-order valence-electron chi connectivity index (χ0n) is 17.2. The lowest BCUT2D eigenvalue weighted by atomic mass is 10.1. The van der Waals surface area contributed by atoms with Crippen molar-refractivity contribution < 1.29 is 9.53 Å². The van der Waals surface area contributed by atoms with Crippen LogP contribution in [0.2, 0.25) is 0 Å². The fraction of sp³-hybridized carbons (Fsp3) is 0.167. The van der Waals surface area contributed by atoms with Crippen LogP contribution in [-0.4, -0.2) is 29.7 Å². The molecule has 0 atom stereocenters. The Labute approximate surface area is 180 Å². The maximum atomic E-state index is 12.6. The first-order valence-corrected chi connectivity index (χ1v) is 10.2. The molecule has 1 aliphatic rings. The van der Waals surface area contributed by atoms with Gasteiger partial charge in [-0.15, -0.1) is 0 Å². The highest BCUT2D eigenvalue weighted by Gasteiger charge is 2.23. The topological polar surface area (TPSA) is 82.3 Å². The normalized spacial score (nSPS) is 12.6. The summed E-state index contributed by atoms with van der Waals surface area (Å²) in [7, 11) is 1.58. The van der Waals surface area contributed by atoms with Crippen molar-refractivity contribution in [3.05, 3.63) is 78.1 Å². The fourth-order valence-corrected chi connectivity index (χ4v) is 4.16. The Morgan fingerprint density at radius 3 is 2.84 bits per heavy atom. The highest BCUT2D eigenvalue weighted by atomic mass is 16.5. The number of ether oxygens (including phenoxy) is 1. The second kappa shape index (κ2) is 8.02. The monoisotopic (exact) mass is 413 g/mol. The van der Waals surface area contributed by atoms with Gasteiger partial charge in [0.1, 0.15) is 11.4 Å². The van der Waals surface area contributed by atoms with Crippen molar-refractivity contribution in [1.29, 1.82) is 0 Å². The van der Waals surface area contributed by atoms with Crippen molar-refractivity contribution in [3.8, 4) is 5.75 Å². The number of hydrogen-bond acceptors (Lipinski definition) is 4. The quantitative estimate of drug-likeness (QED) is 0.440. The Hall–Kier alpha value is -4.00. The maximum Gasteiger partial charge on any atom is 0.323 e. The van der Waals surface area contributed by atoms with Crippen LogP contribution in [0, 0.1) is 0 Å². The van der Waals surface area contributed by atoms with E-state index in [1.807, 2.05) is 48.7 Å². The Morgan fingerprint density at radius 2 is 1.94 bits per heavy atom. The summed E-state index contributed by atoms with van der Waals surface area (Å²) in [5, 5.41) is 7.01. The van der Waals surface area contributed by atoms with E-state index < -0.39 is 0 Å². The number of anilines is 3. The van der Waals surface area contributed by atoms with Crippen molar-refractivity contribution in [2.75, 3.05) is 29.2 Å². The van der Waals surface area contributed by atoms with E-state index in [0.717, 1.165) is 47.5 Å². The Morgan fingerprint density at radius 1 is 1.10 bits per heavy atom. The van der Waals surface area contributed by atoms with E-state index in [1.54, 1.807) is 13.3 Å². The van der Waals surface area contributed by atoms with Crippen molar-refractivity contribution >= 4 is 34.1 Å². The molecule has 3 N–H and O–H groups in total. The standard InChI is InChI=1S/C24H23N5O2/c1-31-22-10-3-2-7-20(22)28-24(30)27-19-8-4-9-21-18(19)11-13-29(21)15-16-14-26-23-17(16)6-5-12-25-23/h2-10,12,14H,11,13,15H2,1H3,(H,25,26)(H2,27,28,30). The Balaban J connectivity index is 1.34. The van der Waals surface area contributed by atoms with Gasteiger partial charge in [-0.3, -0.25) is 0 Å². The molecule has 0 radical (unpaired) electrons. The molecule has 31 heavy (non-hydrogen) atoms. The van der Waals surface area contributed by atoms with Crippen LogP contribution in [0.25, 0.3) is 11.0 Å². The van der Waals surface area contributed by atoms with Gasteiger partial charge in [-0.1, -0.05) is 18.2 Å². The number of para-hydroxylation sites is 2. The first-order valence-electron chi connectivity index (χ1n) is 10.2. The molecule has 0 saturated carbocycles. The summed E-state index contributed by atoms with van der Waals surface area (Å²) in [6, 6.07) is 17.1. The number of rotatable bonds is 5. The molecule has 0 unspecified atom stereocenters. The molecule has 0 saturated heterocycles. The first-order chi connectivity index (χ1) is 15.2. The van der Waals surface area contributed by atoms with Gasteiger partial charge in [0, 0.05) is 47.8 Å². The third-order valence-electron chi connectivity index (χ3n) is 5.63. The molecule has 7 heteroatoms. The van der Waals surface area contributed by atoms with Gasteiger partial charge >= 0.3 is 6.03 Å². The molecular formula is C24H23N5O2. The number of fused-ring (bicyclic) bond motifs is 2.